The molecule has 0 saturated heterocycles. The van der Waals surface area contributed by atoms with Gasteiger partial charge in [0, 0.05) is 5.92 Å². The summed E-state index contributed by atoms with van der Waals surface area (Å²) >= 11 is 0. The SMILES string of the molecule is CCCC(NC(=O)OCC1c2ccccc2-c2ccccc21)C(=O)N[C@@H](CC1CC1)C(=O)O. The summed E-state index contributed by atoms with van der Waals surface area (Å²) in [5.41, 5.74) is 4.50. The molecule has 174 valence electrons. The number of nitrogens with one attached hydrogen (secondary N) is 2. The number of hydrogen-bond acceptors (Lipinski definition) is 4. The average Bonchev–Trinajstić information content (AvgIpc) is 3.57. The summed E-state index contributed by atoms with van der Waals surface area (Å²) in [6.45, 7) is 2.05. The molecule has 33 heavy (non-hydrogen) atoms. The first kappa shape index (κ1) is 22.8. The van der Waals surface area contributed by atoms with E-state index in [1.807, 2.05) is 43.3 Å². The molecule has 3 N–H and O–H groups in total. The van der Waals surface area contributed by atoms with Gasteiger partial charge in [-0.25, -0.2) is 9.59 Å². The van der Waals surface area contributed by atoms with Crippen molar-refractivity contribution in [3.05, 3.63) is 59.7 Å². The largest absolute Gasteiger partial charge is 0.480 e. The number of carbonyl (C=O) groups excluding carboxylic acids is 2. The van der Waals surface area contributed by atoms with Crippen molar-refractivity contribution in [1.29, 1.82) is 0 Å². The lowest BCUT2D eigenvalue weighted by atomic mass is 9.98. The fraction of sp³-hybridized carbons (Fsp3) is 0.423. The molecule has 0 aromatic heterocycles. The van der Waals surface area contributed by atoms with E-state index in [4.69, 9.17) is 4.74 Å². The quantitative estimate of drug-likeness (QED) is 0.506. The summed E-state index contributed by atoms with van der Waals surface area (Å²) in [4.78, 5) is 36.8. The Bertz CT molecular complexity index is 987. The van der Waals surface area contributed by atoms with Crippen molar-refractivity contribution in [3.8, 4) is 11.1 Å². The number of fused-ring (bicyclic) bond motifs is 3. The van der Waals surface area contributed by atoms with Crippen LogP contribution in [-0.2, 0) is 14.3 Å². The van der Waals surface area contributed by atoms with Crippen LogP contribution < -0.4 is 10.6 Å². The zero-order valence-electron chi connectivity index (χ0n) is 18.8. The lowest BCUT2D eigenvalue weighted by molar-refractivity contribution is -0.142. The Balaban J connectivity index is 1.37. The minimum atomic E-state index is -1.05. The summed E-state index contributed by atoms with van der Waals surface area (Å²) < 4.78 is 5.55. The number of rotatable bonds is 10. The third kappa shape index (κ3) is 5.35. The van der Waals surface area contributed by atoms with Crippen molar-refractivity contribution in [2.24, 2.45) is 5.92 Å². The first-order valence-corrected chi connectivity index (χ1v) is 11.6. The van der Waals surface area contributed by atoms with E-state index in [1.165, 1.54) is 0 Å². The second kappa shape index (κ2) is 10.1. The van der Waals surface area contributed by atoms with E-state index in [0.29, 0.717) is 25.2 Å². The Morgan fingerprint density at radius 3 is 2.12 bits per heavy atom. The molecule has 1 saturated carbocycles. The monoisotopic (exact) mass is 450 g/mol. The van der Waals surface area contributed by atoms with Gasteiger partial charge in [-0.1, -0.05) is 74.7 Å². The molecule has 0 heterocycles. The van der Waals surface area contributed by atoms with Gasteiger partial charge in [0.25, 0.3) is 0 Å². The number of carboxylic acids is 1. The highest BCUT2D eigenvalue weighted by Crippen LogP contribution is 2.44. The number of benzene rings is 2. The van der Waals surface area contributed by atoms with Gasteiger partial charge in [-0.15, -0.1) is 0 Å². The number of alkyl carbamates (subject to hydrolysis) is 1. The van der Waals surface area contributed by atoms with Crippen LogP contribution in [0.2, 0.25) is 0 Å². The molecule has 1 fully saturated rings. The second-order valence-electron chi connectivity index (χ2n) is 8.89. The fourth-order valence-electron chi connectivity index (χ4n) is 4.52. The molecular formula is C26H30N2O5. The number of hydrogen-bond donors (Lipinski definition) is 3. The molecule has 2 aromatic carbocycles. The molecule has 2 aliphatic rings. The molecule has 2 aromatic rings. The van der Waals surface area contributed by atoms with Crippen LogP contribution in [0.5, 0.6) is 0 Å². The second-order valence-corrected chi connectivity index (χ2v) is 8.89. The van der Waals surface area contributed by atoms with Gasteiger partial charge in [-0.2, -0.15) is 0 Å². The lowest BCUT2D eigenvalue weighted by Crippen LogP contribution is -2.51. The van der Waals surface area contributed by atoms with Crippen LogP contribution in [0.25, 0.3) is 11.1 Å². The predicted octanol–water partition coefficient (Wildman–Crippen LogP) is 4.06. The van der Waals surface area contributed by atoms with Gasteiger partial charge in [0.05, 0.1) is 0 Å². The molecule has 4 rings (SSSR count). The summed E-state index contributed by atoms with van der Waals surface area (Å²) in [7, 11) is 0. The minimum Gasteiger partial charge on any atom is -0.480 e. The van der Waals surface area contributed by atoms with Gasteiger partial charge in [0.1, 0.15) is 18.7 Å². The zero-order valence-corrected chi connectivity index (χ0v) is 18.8. The van der Waals surface area contributed by atoms with E-state index in [9.17, 15) is 19.5 Å². The molecule has 1 unspecified atom stereocenters. The zero-order chi connectivity index (χ0) is 23.4. The Hall–Kier alpha value is -3.35. The lowest BCUT2D eigenvalue weighted by Gasteiger charge is -2.21. The molecule has 7 heteroatoms. The Morgan fingerprint density at radius 1 is 0.970 bits per heavy atom. The van der Waals surface area contributed by atoms with E-state index >= 15 is 0 Å². The first-order valence-electron chi connectivity index (χ1n) is 11.6. The Kier molecular flexibility index (Phi) is 6.96. The predicted molar refractivity (Wildman–Crippen MR) is 124 cm³/mol. The van der Waals surface area contributed by atoms with Crippen molar-refractivity contribution in [2.75, 3.05) is 6.61 Å². The number of carbonyl (C=O) groups is 3. The Morgan fingerprint density at radius 2 is 1.58 bits per heavy atom. The van der Waals surface area contributed by atoms with Crippen LogP contribution >= 0.6 is 0 Å². The highest BCUT2D eigenvalue weighted by Gasteiger charge is 2.33. The summed E-state index contributed by atoms with van der Waals surface area (Å²) in [6.07, 6.45) is 2.78. The van der Waals surface area contributed by atoms with Crippen LogP contribution in [-0.4, -0.2) is 41.8 Å². The van der Waals surface area contributed by atoms with Crippen LogP contribution in [0.15, 0.2) is 48.5 Å². The normalized spacial score (nSPS) is 16.3. The van der Waals surface area contributed by atoms with E-state index in [1.54, 1.807) is 0 Å². The van der Waals surface area contributed by atoms with Gasteiger partial charge in [-0.05, 0) is 41.0 Å². The van der Waals surface area contributed by atoms with E-state index in [0.717, 1.165) is 35.1 Å². The highest BCUT2D eigenvalue weighted by molar-refractivity contribution is 5.89. The van der Waals surface area contributed by atoms with E-state index < -0.39 is 30.1 Å². The molecule has 0 aliphatic heterocycles. The third-order valence-electron chi connectivity index (χ3n) is 6.41. The maximum atomic E-state index is 12.7. The fourth-order valence-corrected chi connectivity index (χ4v) is 4.52. The molecule has 0 bridgehead atoms. The van der Waals surface area contributed by atoms with Crippen molar-refractivity contribution in [3.63, 3.8) is 0 Å². The van der Waals surface area contributed by atoms with Gasteiger partial charge >= 0.3 is 12.1 Å². The standard InChI is InChI=1S/C26H30N2O5/c1-2-7-22(24(29)27-23(25(30)31)14-16-12-13-16)28-26(32)33-15-21-19-10-5-3-8-17(19)18-9-4-6-11-20(18)21/h3-6,8-11,16,21-23H,2,7,12-15H2,1H3,(H,27,29)(H,28,32)(H,30,31)/t22?,23-/m0/s1. The maximum absolute atomic E-state index is 12.7. The van der Waals surface area contributed by atoms with E-state index in [-0.39, 0.29) is 12.5 Å². The topological polar surface area (TPSA) is 105 Å². The molecule has 2 aliphatic carbocycles. The van der Waals surface area contributed by atoms with Crippen molar-refractivity contribution in [1.82, 2.24) is 10.6 Å². The number of carboxylic acid groups (broad SMARTS) is 1. The number of aliphatic carboxylic acids is 1. The van der Waals surface area contributed by atoms with Gasteiger partial charge in [0.15, 0.2) is 0 Å². The molecule has 2 amide bonds. The molecule has 0 radical (unpaired) electrons. The average molecular weight is 451 g/mol. The Labute approximate surface area is 193 Å². The molecular weight excluding hydrogens is 420 g/mol. The van der Waals surface area contributed by atoms with Crippen LogP contribution in [0.4, 0.5) is 4.79 Å². The number of amides is 2. The molecule has 0 spiro atoms. The summed E-state index contributed by atoms with van der Waals surface area (Å²) in [6, 6.07) is 14.4. The summed E-state index contributed by atoms with van der Waals surface area (Å²) in [5, 5.41) is 14.7. The smallest absolute Gasteiger partial charge is 0.407 e. The maximum Gasteiger partial charge on any atom is 0.407 e. The van der Waals surface area contributed by atoms with Gasteiger partial charge in [-0.3, -0.25) is 4.79 Å². The highest BCUT2D eigenvalue weighted by atomic mass is 16.5. The van der Waals surface area contributed by atoms with Gasteiger partial charge < -0.3 is 20.5 Å². The number of ether oxygens (including phenoxy) is 1. The van der Waals surface area contributed by atoms with Crippen LogP contribution in [0.1, 0.15) is 56.1 Å². The molecule has 7 nitrogen and oxygen atoms in total. The minimum absolute atomic E-state index is 0.0727. The third-order valence-corrected chi connectivity index (χ3v) is 6.41. The van der Waals surface area contributed by atoms with Crippen molar-refractivity contribution >= 4 is 18.0 Å². The van der Waals surface area contributed by atoms with Crippen molar-refractivity contribution in [2.45, 2.75) is 57.0 Å². The van der Waals surface area contributed by atoms with E-state index in [2.05, 4.69) is 22.8 Å². The van der Waals surface area contributed by atoms with Crippen LogP contribution in [0.3, 0.4) is 0 Å². The molecule has 2 atom stereocenters. The summed E-state index contributed by atoms with van der Waals surface area (Å²) in [5.74, 6) is -1.26. The first-order chi connectivity index (χ1) is 16.0. The van der Waals surface area contributed by atoms with Crippen LogP contribution in [0, 0.1) is 5.92 Å². The van der Waals surface area contributed by atoms with Crippen molar-refractivity contribution < 1.29 is 24.2 Å². The van der Waals surface area contributed by atoms with Gasteiger partial charge in [0.2, 0.25) is 5.91 Å².